The van der Waals surface area contributed by atoms with Gasteiger partial charge in [0.25, 0.3) is 0 Å². The molecule has 1 aromatic rings. The second-order valence-corrected chi connectivity index (χ2v) is 6.19. The van der Waals surface area contributed by atoms with Crippen molar-refractivity contribution in [2.45, 2.75) is 32.1 Å². The van der Waals surface area contributed by atoms with Crippen LogP contribution >= 0.6 is 0 Å². The van der Waals surface area contributed by atoms with E-state index in [-0.39, 0.29) is 0 Å². The number of nitrogens with one attached hydrogen (secondary N) is 1. The number of benzene rings is 1. The molecule has 2 fully saturated rings. The molecule has 2 heterocycles. The number of hydrogen-bond donors (Lipinski definition) is 1. The van der Waals surface area contributed by atoms with Crippen LogP contribution in [-0.4, -0.2) is 30.6 Å². The molecule has 0 radical (unpaired) electrons. The Balaban J connectivity index is 1.75. The second kappa shape index (κ2) is 5.61. The van der Waals surface area contributed by atoms with E-state index in [0.29, 0.717) is 24.4 Å². The Kier molecular flexibility index (Phi) is 3.97. The fraction of sp³-hybridized carbons (Fsp3) is 0.625. The van der Waals surface area contributed by atoms with Crippen molar-refractivity contribution in [3.63, 3.8) is 0 Å². The standard InChI is InChI=1S/C16H21F3N2/c1-2-15-14-8-20-7-12(14)10-21(15)9-11-4-3-5-13(6-11)16(17,18)19/h3-6,12,14-15,20H,2,7-10H2,1H3. The van der Waals surface area contributed by atoms with E-state index in [0.717, 1.165) is 37.7 Å². The van der Waals surface area contributed by atoms with E-state index in [4.69, 9.17) is 0 Å². The third-order valence-corrected chi connectivity index (χ3v) is 4.88. The second-order valence-electron chi connectivity index (χ2n) is 6.19. The fourth-order valence-electron chi connectivity index (χ4n) is 3.93. The normalized spacial score (nSPS) is 29.8. The molecule has 0 aromatic heterocycles. The highest BCUT2D eigenvalue weighted by Gasteiger charge is 2.43. The lowest BCUT2D eigenvalue weighted by Crippen LogP contribution is -2.34. The molecule has 3 rings (SSSR count). The summed E-state index contributed by atoms with van der Waals surface area (Å²) in [5.41, 5.74) is 0.213. The molecule has 5 heteroatoms. The molecule has 1 aromatic carbocycles. The van der Waals surface area contributed by atoms with E-state index in [1.165, 1.54) is 12.1 Å². The monoisotopic (exact) mass is 298 g/mol. The lowest BCUT2D eigenvalue weighted by atomic mass is 9.93. The summed E-state index contributed by atoms with van der Waals surface area (Å²) in [5, 5.41) is 3.43. The zero-order chi connectivity index (χ0) is 15.0. The number of fused-ring (bicyclic) bond motifs is 1. The van der Waals surface area contributed by atoms with Gasteiger partial charge in [0.15, 0.2) is 0 Å². The van der Waals surface area contributed by atoms with Crippen molar-refractivity contribution in [2.75, 3.05) is 19.6 Å². The third-order valence-electron chi connectivity index (χ3n) is 4.88. The predicted octanol–water partition coefficient (Wildman–Crippen LogP) is 3.14. The summed E-state index contributed by atoms with van der Waals surface area (Å²) < 4.78 is 38.4. The molecule has 2 saturated heterocycles. The van der Waals surface area contributed by atoms with Crippen LogP contribution in [0, 0.1) is 11.8 Å². The van der Waals surface area contributed by atoms with Crippen LogP contribution in [0.15, 0.2) is 24.3 Å². The molecule has 3 unspecified atom stereocenters. The zero-order valence-electron chi connectivity index (χ0n) is 12.2. The Labute approximate surface area is 123 Å². The summed E-state index contributed by atoms with van der Waals surface area (Å²) in [6.45, 7) is 5.87. The Morgan fingerprint density at radius 1 is 1.29 bits per heavy atom. The van der Waals surface area contributed by atoms with E-state index in [1.54, 1.807) is 6.07 Å². The molecule has 116 valence electrons. The van der Waals surface area contributed by atoms with Gasteiger partial charge < -0.3 is 5.32 Å². The molecule has 1 N–H and O–H groups in total. The van der Waals surface area contributed by atoms with Gasteiger partial charge in [-0.15, -0.1) is 0 Å². The predicted molar refractivity (Wildman–Crippen MR) is 75.8 cm³/mol. The summed E-state index contributed by atoms with van der Waals surface area (Å²) in [7, 11) is 0. The molecule has 21 heavy (non-hydrogen) atoms. The highest BCUT2D eigenvalue weighted by atomic mass is 19.4. The molecular formula is C16H21F3N2. The minimum absolute atomic E-state index is 0.486. The van der Waals surface area contributed by atoms with Crippen molar-refractivity contribution < 1.29 is 13.2 Å². The van der Waals surface area contributed by atoms with Crippen LogP contribution in [-0.2, 0) is 12.7 Å². The SMILES string of the molecule is CCC1C2CNCC2CN1Cc1cccc(C(F)(F)F)c1. The maximum absolute atomic E-state index is 12.8. The van der Waals surface area contributed by atoms with Crippen molar-refractivity contribution in [3.05, 3.63) is 35.4 Å². The van der Waals surface area contributed by atoms with Crippen LogP contribution in [0.5, 0.6) is 0 Å². The Bertz CT molecular complexity index is 501. The van der Waals surface area contributed by atoms with Gasteiger partial charge in [-0.1, -0.05) is 25.1 Å². The van der Waals surface area contributed by atoms with Crippen molar-refractivity contribution in [3.8, 4) is 0 Å². The van der Waals surface area contributed by atoms with Gasteiger partial charge in [0.2, 0.25) is 0 Å². The van der Waals surface area contributed by atoms with Crippen molar-refractivity contribution in [1.82, 2.24) is 10.2 Å². The van der Waals surface area contributed by atoms with E-state index in [9.17, 15) is 13.2 Å². The van der Waals surface area contributed by atoms with Gasteiger partial charge in [0.05, 0.1) is 5.56 Å². The smallest absolute Gasteiger partial charge is 0.316 e. The number of hydrogen-bond acceptors (Lipinski definition) is 2. The topological polar surface area (TPSA) is 15.3 Å². The third kappa shape index (κ3) is 2.94. The first kappa shape index (κ1) is 14.9. The average molecular weight is 298 g/mol. The molecule has 0 aliphatic carbocycles. The van der Waals surface area contributed by atoms with Crippen molar-refractivity contribution in [1.29, 1.82) is 0 Å². The minimum Gasteiger partial charge on any atom is -0.316 e. The highest BCUT2D eigenvalue weighted by Crippen LogP contribution is 2.36. The van der Waals surface area contributed by atoms with Crippen LogP contribution in [0.1, 0.15) is 24.5 Å². The molecule has 2 aliphatic heterocycles. The number of halogens is 3. The summed E-state index contributed by atoms with van der Waals surface area (Å²) >= 11 is 0. The van der Waals surface area contributed by atoms with Crippen molar-refractivity contribution in [2.24, 2.45) is 11.8 Å². The molecule has 3 atom stereocenters. The summed E-state index contributed by atoms with van der Waals surface area (Å²) in [5.74, 6) is 1.31. The van der Waals surface area contributed by atoms with Gasteiger partial charge >= 0.3 is 6.18 Å². The van der Waals surface area contributed by atoms with Gasteiger partial charge in [0.1, 0.15) is 0 Å². The summed E-state index contributed by atoms with van der Waals surface area (Å²) in [4.78, 5) is 2.37. The molecule has 0 spiro atoms. The van der Waals surface area contributed by atoms with Crippen LogP contribution in [0.25, 0.3) is 0 Å². The van der Waals surface area contributed by atoms with Gasteiger partial charge in [-0.3, -0.25) is 4.90 Å². The Hall–Kier alpha value is -1.07. The van der Waals surface area contributed by atoms with E-state index >= 15 is 0 Å². The number of nitrogens with zero attached hydrogens (tertiary/aromatic N) is 1. The fourth-order valence-corrected chi connectivity index (χ4v) is 3.93. The summed E-state index contributed by atoms with van der Waals surface area (Å²) in [6.07, 6.45) is -3.20. The molecule has 0 saturated carbocycles. The molecule has 2 aliphatic rings. The first-order chi connectivity index (χ1) is 9.99. The molecule has 0 amide bonds. The Morgan fingerprint density at radius 3 is 2.81 bits per heavy atom. The maximum atomic E-state index is 12.8. The number of rotatable bonds is 3. The Morgan fingerprint density at radius 2 is 2.10 bits per heavy atom. The number of likely N-dealkylation sites (tertiary alicyclic amines) is 1. The van der Waals surface area contributed by atoms with E-state index in [2.05, 4.69) is 17.1 Å². The van der Waals surface area contributed by atoms with Crippen LogP contribution in [0.3, 0.4) is 0 Å². The molecular weight excluding hydrogens is 277 g/mol. The lowest BCUT2D eigenvalue weighted by molar-refractivity contribution is -0.137. The van der Waals surface area contributed by atoms with Gasteiger partial charge in [0, 0.05) is 19.1 Å². The largest absolute Gasteiger partial charge is 0.416 e. The van der Waals surface area contributed by atoms with Gasteiger partial charge in [-0.25, -0.2) is 0 Å². The van der Waals surface area contributed by atoms with E-state index in [1.807, 2.05) is 0 Å². The van der Waals surface area contributed by atoms with Gasteiger partial charge in [-0.2, -0.15) is 13.2 Å². The quantitative estimate of drug-likeness (QED) is 0.922. The minimum atomic E-state index is -4.26. The first-order valence-corrected chi connectivity index (χ1v) is 7.60. The molecule has 0 bridgehead atoms. The number of alkyl halides is 3. The molecule has 2 nitrogen and oxygen atoms in total. The van der Waals surface area contributed by atoms with E-state index < -0.39 is 11.7 Å². The van der Waals surface area contributed by atoms with Gasteiger partial charge in [-0.05, 0) is 43.0 Å². The lowest BCUT2D eigenvalue weighted by Gasteiger charge is -2.27. The highest BCUT2D eigenvalue weighted by molar-refractivity contribution is 5.26. The van der Waals surface area contributed by atoms with Crippen LogP contribution in [0.2, 0.25) is 0 Å². The first-order valence-electron chi connectivity index (χ1n) is 7.60. The summed E-state index contributed by atoms with van der Waals surface area (Å²) in [6, 6.07) is 6.23. The zero-order valence-corrected chi connectivity index (χ0v) is 12.2. The van der Waals surface area contributed by atoms with Crippen molar-refractivity contribution >= 4 is 0 Å². The van der Waals surface area contributed by atoms with Crippen LogP contribution in [0.4, 0.5) is 13.2 Å². The van der Waals surface area contributed by atoms with Crippen LogP contribution < -0.4 is 5.32 Å². The average Bonchev–Trinajstić information content (AvgIpc) is 2.98. The maximum Gasteiger partial charge on any atom is 0.416 e.